The largest absolute Gasteiger partial charge is 0.466 e. The zero-order valence-electron chi connectivity index (χ0n) is 17.9. The van der Waals surface area contributed by atoms with Gasteiger partial charge in [0.25, 0.3) is 0 Å². The minimum absolute atomic E-state index is 0.130. The molecule has 0 radical (unpaired) electrons. The van der Waals surface area contributed by atoms with Gasteiger partial charge in [0.15, 0.2) is 0 Å². The Bertz CT molecular complexity index is 767. The van der Waals surface area contributed by atoms with E-state index in [1.165, 1.54) is 29.2 Å². The van der Waals surface area contributed by atoms with Crippen molar-refractivity contribution in [2.24, 2.45) is 5.41 Å². The zero-order chi connectivity index (χ0) is 22.5. The van der Waals surface area contributed by atoms with E-state index in [9.17, 15) is 24.1 Å². The first-order chi connectivity index (χ1) is 14.0. The molecule has 30 heavy (non-hydrogen) atoms. The molecule has 166 valence electrons. The quantitative estimate of drug-likeness (QED) is 0.392. The van der Waals surface area contributed by atoms with E-state index >= 15 is 0 Å². The van der Waals surface area contributed by atoms with Crippen LogP contribution in [0.25, 0.3) is 0 Å². The van der Waals surface area contributed by atoms with Gasteiger partial charge in [0, 0.05) is 18.0 Å². The number of piperidine rings is 1. The van der Waals surface area contributed by atoms with Crippen molar-refractivity contribution in [1.29, 1.82) is 0 Å². The van der Waals surface area contributed by atoms with Gasteiger partial charge in [-0.05, 0) is 58.2 Å². The Morgan fingerprint density at radius 3 is 2.27 bits per heavy atom. The molecule has 0 aliphatic carbocycles. The van der Waals surface area contributed by atoms with Gasteiger partial charge in [-0.15, -0.1) is 0 Å². The smallest absolute Gasteiger partial charge is 0.410 e. The molecule has 0 aromatic heterocycles. The highest BCUT2D eigenvalue weighted by molar-refractivity contribution is 5.79. The van der Waals surface area contributed by atoms with Crippen LogP contribution in [-0.2, 0) is 14.3 Å². The van der Waals surface area contributed by atoms with Gasteiger partial charge in [-0.3, -0.25) is 14.9 Å². The molecule has 1 fully saturated rings. The number of esters is 1. The Hall–Kier alpha value is -2.71. The maximum Gasteiger partial charge on any atom is 0.410 e. The van der Waals surface area contributed by atoms with Crippen LogP contribution < -0.4 is 0 Å². The highest BCUT2D eigenvalue weighted by Crippen LogP contribution is 2.46. The minimum Gasteiger partial charge on any atom is -0.466 e. The Balaban J connectivity index is 2.36. The average molecular weight is 424 g/mol. The molecule has 1 amide bonds. The van der Waals surface area contributed by atoms with Crippen molar-refractivity contribution in [3.63, 3.8) is 0 Å². The number of hydrogen-bond donors (Lipinski definition) is 0. The summed E-state index contributed by atoms with van der Waals surface area (Å²) in [5, 5.41) is 11.4. The number of nitro groups is 1. The first-order valence-corrected chi connectivity index (χ1v) is 10.0. The third kappa shape index (κ3) is 5.67. The molecule has 1 aliphatic heterocycles. The number of carbonyl (C=O) groups excluding carboxylic acids is 2. The molecule has 0 N–H and O–H groups in total. The van der Waals surface area contributed by atoms with Gasteiger partial charge in [-0.2, -0.15) is 0 Å². The van der Waals surface area contributed by atoms with Gasteiger partial charge in [-0.1, -0.05) is 12.1 Å². The second kappa shape index (κ2) is 9.40. The van der Waals surface area contributed by atoms with Crippen LogP contribution in [0.3, 0.4) is 0 Å². The summed E-state index contributed by atoms with van der Waals surface area (Å²) >= 11 is 0. The summed E-state index contributed by atoms with van der Waals surface area (Å²) in [5.74, 6) is -1.82. The molecule has 1 aromatic rings. The van der Waals surface area contributed by atoms with E-state index in [-0.39, 0.29) is 32.5 Å². The van der Waals surface area contributed by atoms with Crippen molar-refractivity contribution in [3.8, 4) is 0 Å². The molecule has 1 atom stereocenters. The summed E-state index contributed by atoms with van der Waals surface area (Å²) in [5.41, 5.74) is -1.36. The molecule has 1 unspecified atom stereocenters. The standard InChI is InChI=1S/C21H29FN2O6/c1-5-29-18(25)21(10-12-23(13-11-21)19(26)30-20(2,3)4)17(14-24(27)28)15-6-8-16(22)9-7-15/h6-9,17H,5,10-14H2,1-4H3. The lowest BCUT2D eigenvalue weighted by molar-refractivity contribution is -0.486. The maximum atomic E-state index is 13.4. The molecule has 0 saturated carbocycles. The predicted molar refractivity (Wildman–Crippen MR) is 107 cm³/mol. The summed E-state index contributed by atoms with van der Waals surface area (Å²) in [6, 6.07) is 5.36. The average Bonchev–Trinajstić information content (AvgIpc) is 2.65. The molecular weight excluding hydrogens is 395 g/mol. The molecule has 8 nitrogen and oxygen atoms in total. The Labute approximate surface area is 175 Å². The third-order valence-electron chi connectivity index (χ3n) is 5.26. The van der Waals surface area contributed by atoms with E-state index in [1.54, 1.807) is 27.7 Å². The molecule has 9 heteroatoms. The van der Waals surface area contributed by atoms with Crippen LogP contribution in [0.5, 0.6) is 0 Å². The summed E-state index contributed by atoms with van der Waals surface area (Å²) < 4.78 is 24.1. The van der Waals surface area contributed by atoms with Crippen molar-refractivity contribution in [2.75, 3.05) is 26.2 Å². The van der Waals surface area contributed by atoms with Gasteiger partial charge in [0.2, 0.25) is 6.54 Å². The van der Waals surface area contributed by atoms with Gasteiger partial charge in [-0.25, -0.2) is 9.18 Å². The van der Waals surface area contributed by atoms with Gasteiger partial charge in [0.05, 0.1) is 17.9 Å². The summed E-state index contributed by atoms with van der Waals surface area (Å²) in [4.78, 5) is 37.9. The van der Waals surface area contributed by atoms with Crippen molar-refractivity contribution in [3.05, 3.63) is 45.8 Å². The fourth-order valence-electron chi connectivity index (χ4n) is 3.83. The SMILES string of the molecule is CCOC(=O)C1(C(C[N+](=O)[O-])c2ccc(F)cc2)CCN(C(=O)OC(C)(C)C)CC1. The molecule has 0 bridgehead atoms. The van der Waals surface area contributed by atoms with Crippen LogP contribution in [0, 0.1) is 21.3 Å². The van der Waals surface area contributed by atoms with E-state index in [4.69, 9.17) is 9.47 Å². The molecule has 1 aromatic carbocycles. The lowest BCUT2D eigenvalue weighted by atomic mass is 9.66. The number of carbonyl (C=O) groups is 2. The molecule has 0 spiro atoms. The predicted octanol–water partition coefficient (Wildman–Crippen LogP) is 3.77. The molecular formula is C21H29FN2O6. The highest BCUT2D eigenvalue weighted by Gasteiger charge is 2.52. The van der Waals surface area contributed by atoms with Crippen LogP contribution in [0.2, 0.25) is 0 Å². The Morgan fingerprint density at radius 1 is 1.23 bits per heavy atom. The molecule has 1 saturated heterocycles. The summed E-state index contributed by atoms with van der Waals surface area (Å²) in [6.07, 6.45) is -0.130. The topological polar surface area (TPSA) is 99.0 Å². The number of likely N-dealkylation sites (tertiary alicyclic amines) is 1. The van der Waals surface area contributed by atoms with E-state index in [0.29, 0.717) is 5.56 Å². The molecule has 2 rings (SSSR count). The number of benzene rings is 1. The van der Waals surface area contributed by atoms with E-state index in [2.05, 4.69) is 0 Å². The van der Waals surface area contributed by atoms with Gasteiger partial charge < -0.3 is 14.4 Å². The monoisotopic (exact) mass is 424 g/mol. The van der Waals surface area contributed by atoms with Crippen LogP contribution in [0.1, 0.15) is 52.0 Å². The van der Waals surface area contributed by atoms with Crippen molar-refractivity contribution in [1.82, 2.24) is 4.90 Å². The number of amides is 1. The summed E-state index contributed by atoms with van der Waals surface area (Å²) in [7, 11) is 0. The van der Waals surface area contributed by atoms with Crippen molar-refractivity contribution in [2.45, 2.75) is 52.1 Å². The number of halogens is 1. The van der Waals surface area contributed by atoms with E-state index in [1.807, 2.05) is 0 Å². The first-order valence-electron chi connectivity index (χ1n) is 10.0. The normalized spacial score (nSPS) is 17.2. The minimum atomic E-state index is -1.20. The van der Waals surface area contributed by atoms with E-state index < -0.39 is 46.3 Å². The molecule has 1 heterocycles. The highest BCUT2D eigenvalue weighted by atomic mass is 19.1. The number of ether oxygens (including phenoxy) is 2. The van der Waals surface area contributed by atoms with Crippen LogP contribution in [-0.4, -0.2) is 53.7 Å². The zero-order valence-corrected chi connectivity index (χ0v) is 17.9. The van der Waals surface area contributed by atoms with Gasteiger partial charge >= 0.3 is 12.1 Å². The maximum absolute atomic E-state index is 13.4. The van der Waals surface area contributed by atoms with Gasteiger partial charge in [0.1, 0.15) is 11.4 Å². The number of nitrogens with zero attached hydrogens (tertiary/aromatic N) is 2. The lowest BCUT2D eigenvalue weighted by Gasteiger charge is -2.43. The third-order valence-corrected chi connectivity index (χ3v) is 5.26. The van der Waals surface area contributed by atoms with Crippen molar-refractivity contribution < 1.29 is 28.4 Å². The Kier molecular flexibility index (Phi) is 7.39. The first kappa shape index (κ1) is 23.6. The van der Waals surface area contributed by atoms with E-state index in [0.717, 1.165) is 0 Å². The summed E-state index contributed by atoms with van der Waals surface area (Å²) in [6.45, 7) is 6.98. The second-order valence-electron chi connectivity index (χ2n) is 8.46. The lowest BCUT2D eigenvalue weighted by Crippen LogP contribution is -2.52. The molecule has 1 aliphatic rings. The fraction of sp³-hybridized carbons (Fsp3) is 0.619. The fourth-order valence-corrected chi connectivity index (χ4v) is 3.83. The van der Waals surface area contributed by atoms with Crippen LogP contribution in [0.4, 0.5) is 9.18 Å². The van der Waals surface area contributed by atoms with Crippen LogP contribution in [0.15, 0.2) is 24.3 Å². The second-order valence-corrected chi connectivity index (χ2v) is 8.46. The number of rotatable bonds is 6. The van der Waals surface area contributed by atoms with Crippen LogP contribution >= 0.6 is 0 Å². The Morgan fingerprint density at radius 2 is 1.80 bits per heavy atom. The van der Waals surface area contributed by atoms with Crippen molar-refractivity contribution >= 4 is 12.1 Å². The number of hydrogen-bond acceptors (Lipinski definition) is 6.